The molecule has 1 aromatic carbocycles. The Morgan fingerprint density at radius 3 is 3.05 bits per heavy atom. The predicted molar refractivity (Wildman–Crippen MR) is 84.2 cm³/mol. The maximum atomic E-state index is 5.96. The first-order valence-electron chi connectivity index (χ1n) is 6.49. The van der Waals surface area contributed by atoms with Crippen LogP contribution in [0.1, 0.15) is 6.92 Å². The van der Waals surface area contributed by atoms with Crippen molar-refractivity contribution in [1.82, 2.24) is 20.5 Å². The fraction of sp³-hybridized carbons (Fsp3) is 0.385. The van der Waals surface area contributed by atoms with E-state index >= 15 is 0 Å². The Kier molecular flexibility index (Phi) is 3.96. The average Bonchev–Trinajstić information content (AvgIpc) is 2.88. The van der Waals surface area contributed by atoms with E-state index in [2.05, 4.69) is 48.3 Å². The second-order valence-corrected chi connectivity index (χ2v) is 6.20. The van der Waals surface area contributed by atoms with Crippen LogP contribution in [0.2, 0.25) is 5.02 Å². The zero-order chi connectivity index (χ0) is 14.1. The van der Waals surface area contributed by atoms with Crippen LogP contribution in [0, 0.1) is 0 Å². The number of piperazine rings is 1. The first-order valence-corrected chi connectivity index (χ1v) is 7.67. The highest BCUT2D eigenvalue weighted by Crippen LogP contribution is 2.29. The molecule has 2 aromatic rings. The second kappa shape index (κ2) is 5.71. The Morgan fingerprint density at radius 2 is 2.30 bits per heavy atom. The number of rotatable bonds is 2. The highest BCUT2D eigenvalue weighted by atomic mass is 79.9. The molecule has 1 aliphatic rings. The molecule has 3 rings (SSSR count). The van der Waals surface area contributed by atoms with Gasteiger partial charge in [0.2, 0.25) is 5.95 Å². The van der Waals surface area contributed by atoms with Crippen LogP contribution in [0.3, 0.4) is 0 Å². The number of aromatic amines is 1. The molecule has 0 amide bonds. The third-order valence-corrected chi connectivity index (χ3v) is 4.20. The van der Waals surface area contributed by atoms with Crippen LogP contribution in [0.15, 0.2) is 22.7 Å². The molecule has 0 unspecified atom stereocenters. The van der Waals surface area contributed by atoms with E-state index in [0.29, 0.717) is 11.1 Å². The summed E-state index contributed by atoms with van der Waals surface area (Å²) in [7, 11) is 0. The van der Waals surface area contributed by atoms with Gasteiger partial charge >= 0.3 is 0 Å². The molecule has 7 heteroatoms. The number of halogens is 2. The highest BCUT2D eigenvalue weighted by Gasteiger charge is 2.20. The van der Waals surface area contributed by atoms with Crippen LogP contribution in [-0.2, 0) is 0 Å². The number of hydrogen-bond acceptors (Lipinski definition) is 4. The lowest BCUT2D eigenvalue weighted by Crippen LogP contribution is -2.49. The van der Waals surface area contributed by atoms with Crippen LogP contribution in [0.25, 0.3) is 11.4 Å². The molecule has 106 valence electrons. The molecule has 1 atom stereocenters. The Hall–Kier alpha value is -1.11. The third kappa shape index (κ3) is 2.82. The van der Waals surface area contributed by atoms with Crippen LogP contribution in [-0.4, -0.2) is 40.9 Å². The van der Waals surface area contributed by atoms with Crippen LogP contribution in [0.5, 0.6) is 0 Å². The van der Waals surface area contributed by atoms with Gasteiger partial charge in [0.05, 0.1) is 0 Å². The average molecular weight is 357 g/mol. The Balaban J connectivity index is 1.86. The minimum absolute atomic E-state index is 0.452. The number of aromatic nitrogens is 3. The number of H-pyrrole nitrogens is 1. The van der Waals surface area contributed by atoms with Gasteiger partial charge in [0.1, 0.15) is 0 Å². The monoisotopic (exact) mass is 355 g/mol. The topological polar surface area (TPSA) is 56.8 Å². The molecule has 1 aromatic heterocycles. The number of anilines is 1. The smallest absolute Gasteiger partial charge is 0.245 e. The van der Waals surface area contributed by atoms with Gasteiger partial charge in [0.25, 0.3) is 0 Å². The maximum Gasteiger partial charge on any atom is 0.245 e. The molecular weight excluding hydrogens is 342 g/mol. The summed E-state index contributed by atoms with van der Waals surface area (Å²) in [5.74, 6) is 1.49. The van der Waals surface area contributed by atoms with Gasteiger partial charge in [-0.15, -0.1) is 5.10 Å². The molecule has 2 N–H and O–H groups in total. The first kappa shape index (κ1) is 13.9. The molecule has 0 aliphatic carbocycles. The van der Waals surface area contributed by atoms with Gasteiger partial charge in [-0.1, -0.05) is 11.6 Å². The second-order valence-electron chi connectivity index (χ2n) is 4.91. The summed E-state index contributed by atoms with van der Waals surface area (Å²) >= 11 is 9.46. The van der Waals surface area contributed by atoms with Crippen molar-refractivity contribution in [3.05, 3.63) is 27.7 Å². The lowest BCUT2D eigenvalue weighted by atomic mass is 10.2. The Labute approximate surface area is 130 Å². The van der Waals surface area contributed by atoms with Gasteiger partial charge in [-0.3, -0.25) is 5.10 Å². The number of benzene rings is 1. The van der Waals surface area contributed by atoms with E-state index in [0.717, 1.165) is 41.4 Å². The molecule has 5 nitrogen and oxygen atoms in total. The molecule has 1 aliphatic heterocycles. The van der Waals surface area contributed by atoms with Crippen LogP contribution < -0.4 is 10.2 Å². The summed E-state index contributed by atoms with van der Waals surface area (Å²) in [4.78, 5) is 6.77. The van der Waals surface area contributed by atoms with E-state index in [9.17, 15) is 0 Å². The van der Waals surface area contributed by atoms with E-state index in [4.69, 9.17) is 11.6 Å². The summed E-state index contributed by atoms with van der Waals surface area (Å²) in [5.41, 5.74) is 0.955. The van der Waals surface area contributed by atoms with E-state index in [-0.39, 0.29) is 0 Å². The Morgan fingerprint density at radius 1 is 1.45 bits per heavy atom. The largest absolute Gasteiger partial charge is 0.337 e. The zero-order valence-electron chi connectivity index (χ0n) is 11.0. The van der Waals surface area contributed by atoms with Crippen molar-refractivity contribution in [2.75, 3.05) is 24.5 Å². The van der Waals surface area contributed by atoms with Crippen molar-refractivity contribution in [2.45, 2.75) is 13.0 Å². The van der Waals surface area contributed by atoms with Crippen molar-refractivity contribution in [1.29, 1.82) is 0 Å². The molecule has 0 saturated carbocycles. The summed E-state index contributed by atoms with van der Waals surface area (Å²) in [6.07, 6.45) is 0. The summed E-state index contributed by atoms with van der Waals surface area (Å²) < 4.78 is 0.904. The zero-order valence-corrected chi connectivity index (χ0v) is 13.4. The standard InChI is InChI=1S/C13H15BrClN5/c1-8-7-20(5-4-16-8)13-17-12(18-19-13)10-3-2-9(15)6-11(10)14/h2-3,6,8,16H,4-5,7H2,1H3,(H,17,18,19)/t8-/m1/s1. The predicted octanol–water partition coefficient (Wildman–Crippen LogP) is 2.69. The van der Waals surface area contributed by atoms with Crippen molar-refractivity contribution in [2.24, 2.45) is 0 Å². The lowest BCUT2D eigenvalue weighted by Gasteiger charge is -2.30. The van der Waals surface area contributed by atoms with E-state index in [1.807, 2.05) is 18.2 Å². The Bertz CT molecular complexity index is 615. The molecule has 0 spiro atoms. The van der Waals surface area contributed by atoms with E-state index in [1.54, 1.807) is 0 Å². The fourth-order valence-electron chi connectivity index (χ4n) is 2.31. The van der Waals surface area contributed by atoms with Gasteiger partial charge in [0.15, 0.2) is 5.82 Å². The van der Waals surface area contributed by atoms with Crippen molar-refractivity contribution < 1.29 is 0 Å². The molecular formula is C13H15BrClN5. The van der Waals surface area contributed by atoms with Gasteiger partial charge in [-0.05, 0) is 41.1 Å². The normalized spacial score (nSPS) is 19.4. The van der Waals surface area contributed by atoms with Crippen LogP contribution >= 0.6 is 27.5 Å². The van der Waals surface area contributed by atoms with Gasteiger partial charge in [-0.25, -0.2) is 0 Å². The lowest BCUT2D eigenvalue weighted by molar-refractivity contribution is 0.480. The number of nitrogens with one attached hydrogen (secondary N) is 2. The molecule has 1 saturated heterocycles. The van der Waals surface area contributed by atoms with Crippen LogP contribution in [0.4, 0.5) is 5.95 Å². The quantitative estimate of drug-likeness (QED) is 0.868. The summed E-state index contributed by atoms with van der Waals surface area (Å²) in [6, 6.07) is 6.08. The minimum atomic E-state index is 0.452. The fourth-order valence-corrected chi connectivity index (χ4v) is 3.18. The summed E-state index contributed by atoms with van der Waals surface area (Å²) in [5, 5.41) is 11.4. The first-order chi connectivity index (χ1) is 9.63. The molecule has 0 bridgehead atoms. The molecule has 20 heavy (non-hydrogen) atoms. The number of nitrogens with zero attached hydrogens (tertiary/aromatic N) is 3. The van der Waals surface area contributed by atoms with Gasteiger partial charge < -0.3 is 10.2 Å². The minimum Gasteiger partial charge on any atom is -0.337 e. The number of hydrogen-bond donors (Lipinski definition) is 2. The van der Waals surface area contributed by atoms with Gasteiger partial charge in [0, 0.05) is 40.7 Å². The molecule has 1 fully saturated rings. The molecule has 2 heterocycles. The van der Waals surface area contributed by atoms with Crippen molar-refractivity contribution >= 4 is 33.5 Å². The van der Waals surface area contributed by atoms with E-state index < -0.39 is 0 Å². The summed E-state index contributed by atoms with van der Waals surface area (Å²) in [6.45, 7) is 4.95. The van der Waals surface area contributed by atoms with Gasteiger partial charge in [-0.2, -0.15) is 4.98 Å². The molecule has 0 radical (unpaired) electrons. The SMILES string of the molecule is C[C@@H]1CN(c2n[nH]c(-c3ccc(Cl)cc3Br)n2)CCN1. The third-order valence-electron chi connectivity index (χ3n) is 3.31. The van der Waals surface area contributed by atoms with Crippen molar-refractivity contribution in [3.63, 3.8) is 0 Å². The van der Waals surface area contributed by atoms with Crippen molar-refractivity contribution in [3.8, 4) is 11.4 Å². The van der Waals surface area contributed by atoms with E-state index in [1.165, 1.54) is 0 Å². The highest BCUT2D eigenvalue weighted by molar-refractivity contribution is 9.10. The maximum absolute atomic E-state index is 5.96.